The number of carbonyl (C=O) groups is 9. The number of halogens is 1. The molecule has 6 aromatic carbocycles. The van der Waals surface area contributed by atoms with Gasteiger partial charge in [-0.15, -0.1) is 0 Å². The Balaban J connectivity index is 0.000000340. The van der Waals surface area contributed by atoms with Crippen LogP contribution < -0.4 is 33.2 Å². The molecule has 107 heavy (non-hydrogen) atoms. The first-order valence-corrected chi connectivity index (χ1v) is 33.1. The van der Waals surface area contributed by atoms with E-state index in [2.05, 4.69) is 59.2 Å². The highest BCUT2D eigenvalue weighted by Gasteiger charge is 2.20. The lowest BCUT2D eigenvalue weighted by Crippen LogP contribution is -2.23. The molecule has 0 fully saturated rings. The summed E-state index contributed by atoms with van der Waals surface area (Å²) in [5.74, 6) is -3.64. The number of carbonyl (C=O) groups excluding carboxylic acids is 9. The zero-order valence-electron chi connectivity index (χ0n) is 61.7. The minimum atomic E-state index is -0.735. The second-order valence-corrected chi connectivity index (χ2v) is 24.1. The van der Waals surface area contributed by atoms with Crippen molar-refractivity contribution < 1.29 is 109 Å². The van der Waals surface area contributed by atoms with Crippen LogP contribution in [0.4, 0.5) is 4.39 Å². The number of rotatable bonds is 37. The highest BCUT2D eigenvalue weighted by molar-refractivity contribution is 5.91. The topological polar surface area (TPSA) is 274 Å². The summed E-state index contributed by atoms with van der Waals surface area (Å²) in [6, 6.07) is 36.4. The molecular formula is C84H89FO22. The third-order valence-corrected chi connectivity index (χ3v) is 14.0. The van der Waals surface area contributed by atoms with Crippen LogP contribution in [0.25, 0.3) is 33.4 Å². The Kier molecular flexibility index (Phi) is 35.8. The molecule has 22 nitrogen and oxygen atoms in total. The average Bonchev–Trinajstić information content (AvgIpc) is 0.830. The fraction of sp³-hybridized carbons (Fsp3) is 0.250. The quantitative estimate of drug-likeness (QED) is 0.0115. The van der Waals surface area contributed by atoms with Crippen molar-refractivity contribution in [2.45, 2.75) is 68.7 Å². The van der Waals surface area contributed by atoms with Gasteiger partial charge in [0.1, 0.15) is 64.4 Å². The van der Waals surface area contributed by atoms with Crippen LogP contribution in [0.3, 0.4) is 0 Å². The number of ether oxygens (including phenoxy) is 13. The predicted octanol–water partition coefficient (Wildman–Crippen LogP) is 15.0. The van der Waals surface area contributed by atoms with Gasteiger partial charge in [0.25, 0.3) is 0 Å². The second kappa shape index (κ2) is 44.1. The molecule has 0 aliphatic rings. The average molecular weight is 1470 g/mol. The van der Waals surface area contributed by atoms with Crippen molar-refractivity contribution in [1.29, 1.82) is 0 Å². The van der Waals surface area contributed by atoms with Crippen LogP contribution in [0.1, 0.15) is 67.9 Å². The molecule has 6 rings (SSSR count). The van der Waals surface area contributed by atoms with Crippen LogP contribution in [0.15, 0.2) is 237 Å². The molecule has 0 bridgehead atoms. The smallest absolute Gasteiger partial charge is 0.338 e. The van der Waals surface area contributed by atoms with Crippen LogP contribution in [0, 0.1) is 11.7 Å². The third kappa shape index (κ3) is 31.1. The van der Waals surface area contributed by atoms with E-state index in [-0.39, 0.29) is 100 Å². The minimum Gasteiger partial charge on any atom is -0.486 e. The minimum absolute atomic E-state index is 0.00757. The van der Waals surface area contributed by atoms with Gasteiger partial charge in [-0.3, -0.25) is 0 Å². The van der Waals surface area contributed by atoms with Crippen molar-refractivity contribution in [3.8, 4) is 73.6 Å². The van der Waals surface area contributed by atoms with Gasteiger partial charge >= 0.3 is 53.7 Å². The van der Waals surface area contributed by atoms with Crippen LogP contribution >= 0.6 is 0 Å². The standard InChI is InChI=1S/C28H29FO8.C28H30O8.C28H30O6/c1-17(2)26(30)35-13-11-33-24-10-8-21(16-25(24)34-12-14-36-27(31)18(3)4)20-7-9-23(22(29)15-20)37-28(32)19(5)6;1-18(2)26(29)34-15-13-32-24-12-9-22(17-25(24)33-14-16-35-27(30)19(3)4)21-7-10-23(11-8-21)36-28(31)20(5)6;1-18(2)26(29)32-16-22(17-33-27(30)19(3)4)15-21-7-9-23(10-8-21)24-11-13-25(14-12-24)34-28(31)20(5)6/h7-10,15-16H,1,3,5,11-14H2,2,4,6H3;7-12,17H,1,3,5,13-16H2,2,4,6H3;7-14,22H,1,3,5,15-17H2,2,4,6H3. The summed E-state index contributed by atoms with van der Waals surface area (Å²) in [5.41, 5.74) is 8.17. The van der Waals surface area contributed by atoms with E-state index in [0.29, 0.717) is 79.7 Å². The van der Waals surface area contributed by atoms with Crippen LogP contribution in [-0.2, 0) is 78.0 Å². The van der Waals surface area contributed by atoms with Crippen molar-refractivity contribution in [1.82, 2.24) is 0 Å². The Morgan fingerprint density at radius 3 is 0.850 bits per heavy atom. The van der Waals surface area contributed by atoms with E-state index in [1.807, 2.05) is 42.5 Å². The van der Waals surface area contributed by atoms with E-state index in [9.17, 15) is 47.5 Å². The Morgan fingerprint density at radius 2 is 0.533 bits per heavy atom. The summed E-state index contributed by atoms with van der Waals surface area (Å²) in [4.78, 5) is 105. The Labute approximate surface area is 622 Å². The molecular weight excluding hydrogens is 1380 g/mol. The molecule has 0 unspecified atom stereocenters. The number of esters is 9. The summed E-state index contributed by atoms with van der Waals surface area (Å²) < 4.78 is 83.8. The summed E-state index contributed by atoms with van der Waals surface area (Å²) >= 11 is 0. The zero-order chi connectivity index (χ0) is 79.4. The lowest BCUT2D eigenvalue weighted by molar-refractivity contribution is -0.145. The maximum Gasteiger partial charge on any atom is 0.338 e. The van der Waals surface area contributed by atoms with Crippen LogP contribution in [0.2, 0.25) is 0 Å². The molecule has 0 saturated heterocycles. The van der Waals surface area contributed by atoms with Gasteiger partial charge in [0.2, 0.25) is 0 Å². The predicted molar refractivity (Wildman–Crippen MR) is 401 cm³/mol. The number of hydrogen-bond acceptors (Lipinski definition) is 22. The van der Waals surface area contributed by atoms with Gasteiger partial charge in [-0.25, -0.2) is 47.5 Å². The molecule has 564 valence electrons. The largest absolute Gasteiger partial charge is 0.486 e. The maximum atomic E-state index is 14.6. The fourth-order valence-corrected chi connectivity index (χ4v) is 8.21. The second-order valence-electron chi connectivity index (χ2n) is 24.1. The SMILES string of the molecule is C=C(C)C(=O)OCC(COC(=O)C(=C)C)Cc1ccc(-c2ccc(OC(=O)C(=C)C)cc2)cc1.C=C(C)C(=O)OCCOc1ccc(-c2ccc(OC(=O)C(=C)C)c(F)c2)cc1OCCOC(=O)C(=C)C.C=C(C)C(=O)OCCOc1ccc(-c2ccc(OC(=O)C(=C)C)cc2)cc1OCCOC(=O)C(=C)C. The van der Waals surface area contributed by atoms with E-state index in [1.165, 1.54) is 32.9 Å². The molecule has 0 spiro atoms. The lowest BCUT2D eigenvalue weighted by atomic mass is 9.98. The molecule has 0 atom stereocenters. The van der Waals surface area contributed by atoms with E-state index < -0.39 is 59.5 Å². The fourth-order valence-electron chi connectivity index (χ4n) is 8.21. The number of benzene rings is 6. The van der Waals surface area contributed by atoms with Crippen LogP contribution in [-0.4, -0.2) is 120 Å². The van der Waals surface area contributed by atoms with E-state index >= 15 is 0 Å². The van der Waals surface area contributed by atoms with Gasteiger partial charge in [-0.2, -0.15) is 0 Å². The Morgan fingerprint density at radius 1 is 0.280 bits per heavy atom. The first-order valence-electron chi connectivity index (χ1n) is 33.1. The summed E-state index contributed by atoms with van der Waals surface area (Å²) in [7, 11) is 0. The van der Waals surface area contributed by atoms with Crippen molar-refractivity contribution >= 4 is 53.7 Å². The zero-order valence-corrected chi connectivity index (χ0v) is 61.7. The van der Waals surface area contributed by atoms with E-state index in [1.54, 1.807) is 114 Å². The summed E-state index contributed by atoms with van der Waals surface area (Å²) in [5, 5.41) is 0. The molecule has 6 aromatic rings. The summed E-state index contributed by atoms with van der Waals surface area (Å²) in [6.07, 6.45) is 0.545. The number of hydrogen-bond donors (Lipinski definition) is 0. The van der Waals surface area contributed by atoms with E-state index in [4.69, 9.17) is 61.6 Å². The van der Waals surface area contributed by atoms with Crippen molar-refractivity contribution in [2.24, 2.45) is 5.92 Å². The molecule has 0 aromatic heterocycles. The highest BCUT2D eigenvalue weighted by Crippen LogP contribution is 2.36. The molecule has 0 radical (unpaired) electrons. The van der Waals surface area contributed by atoms with Gasteiger partial charge in [-0.1, -0.05) is 126 Å². The molecule has 0 aliphatic carbocycles. The van der Waals surface area contributed by atoms with Crippen molar-refractivity contribution in [3.63, 3.8) is 0 Å². The van der Waals surface area contributed by atoms with Gasteiger partial charge in [0, 0.05) is 56.1 Å². The Hall–Kier alpha value is -12.7. The van der Waals surface area contributed by atoms with Gasteiger partial charge in [-0.05, 0) is 168 Å². The first kappa shape index (κ1) is 86.7. The third-order valence-electron chi connectivity index (χ3n) is 14.0. The molecule has 0 heterocycles. The van der Waals surface area contributed by atoms with Gasteiger partial charge in [0.15, 0.2) is 34.6 Å². The van der Waals surface area contributed by atoms with Gasteiger partial charge in [0.05, 0.1) is 13.2 Å². The maximum absolute atomic E-state index is 14.6. The van der Waals surface area contributed by atoms with Crippen LogP contribution in [0.5, 0.6) is 40.2 Å². The summed E-state index contributed by atoms with van der Waals surface area (Å²) in [6.45, 7) is 46.3. The van der Waals surface area contributed by atoms with Gasteiger partial charge < -0.3 is 61.6 Å². The van der Waals surface area contributed by atoms with Crippen molar-refractivity contribution in [3.05, 3.63) is 248 Å². The molecule has 0 amide bonds. The molecule has 0 aliphatic heterocycles. The van der Waals surface area contributed by atoms with E-state index in [0.717, 1.165) is 27.8 Å². The molecule has 0 N–H and O–H groups in total. The van der Waals surface area contributed by atoms with Crippen molar-refractivity contribution in [2.75, 3.05) is 66.1 Å². The first-order chi connectivity index (χ1) is 50.6. The molecule has 0 saturated carbocycles. The molecule has 23 heteroatoms. The lowest BCUT2D eigenvalue weighted by Gasteiger charge is -2.18. The Bertz CT molecular complexity index is 4280. The normalized spacial score (nSPS) is 10.2. The monoisotopic (exact) mass is 1470 g/mol. The highest BCUT2D eigenvalue weighted by atomic mass is 19.1.